The molecule has 0 spiro atoms. The first-order valence-corrected chi connectivity index (χ1v) is 10.7. The maximum atomic E-state index is 9.63. The van der Waals surface area contributed by atoms with Gasteiger partial charge in [-0.15, -0.1) is 0 Å². The zero-order chi connectivity index (χ0) is 20.7. The summed E-state index contributed by atoms with van der Waals surface area (Å²) in [6.45, 7) is 8.99. The molecule has 162 valence electrons. The maximum Gasteiger partial charge on any atom is 0.110 e. The Balaban J connectivity index is 3.68. The quantitative estimate of drug-likeness (QED) is 0.226. The van der Waals surface area contributed by atoms with Gasteiger partial charge in [-0.05, 0) is 44.4 Å². The van der Waals surface area contributed by atoms with E-state index >= 15 is 0 Å². The molecule has 0 aliphatic rings. The van der Waals surface area contributed by atoms with Gasteiger partial charge < -0.3 is 25.2 Å². The fourth-order valence-electron chi connectivity index (χ4n) is 3.05. The standard InChI is InChI=1S/C22H44O5/c1-17(2)9-7-11-19(4)13-8-12-18(3)10-5-6-14-27-16-21(25)22(26)20(24)15-23/h10,17,19-26H,5-9,11-16H2,1-4H3/t19?,20-,21+,22+/m1/s1. The fraction of sp³-hybridized carbons (Fsp3) is 0.909. The van der Waals surface area contributed by atoms with Crippen LogP contribution in [0.1, 0.15) is 79.1 Å². The third kappa shape index (κ3) is 15.2. The van der Waals surface area contributed by atoms with Crippen LogP contribution < -0.4 is 0 Å². The number of aliphatic hydroxyl groups excluding tert-OH is 4. The summed E-state index contributed by atoms with van der Waals surface area (Å²) in [7, 11) is 0. The molecule has 0 radical (unpaired) electrons. The van der Waals surface area contributed by atoms with Gasteiger partial charge in [0.25, 0.3) is 0 Å². The van der Waals surface area contributed by atoms with Gasteiger partial charge in [0.1, 0.15) is 18.3 Å². The van der Waals surface area contributed by atoms with E-state index in [-0.39, 0.29) is 6.61 Å². The third-order valence-corrected chi connectivity index (χ3v) is 5.00. The van der Waals surface area contributed by atoms with Gasteiger partial charge in [-0.2, -0.15) is 0 Å². The molecule has 0 heterocycles. The van der Waals surface area contributed by atoms with Crippen molar-refractivity contribution in [2.75, 3.05) is 19.8 Å². The lowest BCUT2D eigenvalue weighted by atomic mass is 9.94. The molecule has 5 heteroatoms. The molecular formula is C22H44O5. The molecule has 0 saturated carbocycles. The summed E-state index contributed by atoms with van der Waals surface area (Å²) in [4.78, 5) is 0. The van der Waals surface area contributed by atoms with E-state index < -0.39 is 24.9 Å². The molecular weight excluding hydrogens is 344 g/mol. The van der Waals surface area contributed by atoms with Crippen LogP contribution in [-0.2, 0) is 4.74 Å². The summed E-state index contributed by atoms with van der Waals surface area (Å²) < 4.78 is 5.33. The van der Waals surface area contributed by atoms with Crippen molar-refractivity contribution in [2.45, 2.75) is 97.4 Å². The Morgan fingerprint density at radius 2 is 1.59 bits per heavy atom. The van der Waals surface area contributed by atoms with Crippen molar-refractivity contribution in [1.29, 1.82) is 0 Å². The third-order valence-electron chi connectivity index (χ3n) is 5.00. The van der Waals surface area contributed by atoms with Crippen LogP contribution in [0.25, 0.3) is 0 Å². The van der Waals surface area contributed by atoms with E-state index in [4.69, 9.17) is 9.84 Å². The largest absolute Gasteiger partial charge is 0.394 e. The van der Waals surface area contributed by atoms with Gasteiger partial charge in [0.05, 0.1) is 13.2 Å². The number of ether oxygens (including phenoxy) is 1. The van der Waals surface area contributed by atoms with E-state index in [1.54, 1.807) is 0 Å². The highest BCUT2D eigenvalue weighted by Gasteiger charge is 2.23. The lowest BCUT2D eigenvalue weighted by Gasteiger charge is -2.21. The smallest absolute Gasteiger partial charge is 0.110 e. The molecule has 27 heavy (non-hydrogen) atoms. The van der Waals surface area contributed by atoms with E-state index in [2.05, 4.69) is 33.8 Å². The Morgan fingerprint density at radius 1 is 0.926 bits per heavy atom. The summed E-state index contributed by atoms with van der Waals surface area (Å²) in [5, 5.41) is 37.1. The first-order valence-electron chi connectivity index (χ1n) is 10.7. The van der Waals surface area contributed by atoms with Crippen molar-refractivity contribution in [2.24, 2.45) is 11.8 Å². The highest BCUT2D eigenvalue weighted by Crippen LogP contribution is 2.19. The molecule has 0 aromatic carbocycles. The average Bonchev–Trinajstić information content (AvgIpc) is 2.62. The van der Waals surface area contributed by atoms with Crippen LogP contribution in [0.2, 0.25) is 0 Å². The minimum Gasteiger partial charge on any atom is -0.394 e. The normalized spacial score (nSPS) is 17.1. The second kappa shape index (κ2) is 16.5. The topological polar surface area (TPSA) is 90.2 Å². The monoisotopic (exact) mass is 388 g/mol. The van der Waals surface area contributed by atoms with Crippen molar-refractivity contribution < 1.29 is 25.2 Å². The van der Waals surface area contributed by atoms with Crippen molar-refractivity contribution in [3.05, 3.63) is 11.6 Å². The van der Waals surface area contributed by atoms with Crippen LogP contribution in [0.15, 0.2) is 11.6 Å². The summed E-state index contributed by atoms with van der Waals surface area (Å²) in [5.41, 5.74) is 1.42. The first-order chi connectivity index (χ1) is 12.8. The van der Waals surface area contributed by atoms with E-state index in [1.165, 1.54) is 37.7 Å². The molecule has 0 aliphatic heterocycles. The molecule has 0 rings (SSSR count). The molecule has 0 bridgehead atoms. The van der Waals surface area contributed by atoms with E-state index in [9.17, 15) is 15.3 Å². The molecule has 0 saturated heterocycles. The lowest BCUT2D eigenvalue weighted by molar-refractivity contribution is -0.0996. The Kier molecular flexibility index (Phi) is 16.2. The number of aliphatic hydroxyl groups is 4. The Bertz CT molecular complexity index is 370. The molecule has 0 aliphatic carbocycles. The van der Waals surface area contributed by atoms with Crippen molar-refractivity contribution in [3.63, 3.8) is 0 Å². The lowest BCUT2D eigenvalue weighted by Crippen LogP contribution is -2.41. The molecule has 0 aromatic heterocycles. The average molecular weight is 389 g/mol. The number of unbranched alkanes of at least 4 members (excludes halogenated alkanes) is 1. The summed E-state index contributed by atoms with van der Waals surface area (Å²) in [6.07, 6.45) is 7.86. The molecule has 5 nitrogen and oxygen atoms in total. The van der Waals surface area contributed by atoms with Gasteiger partial charge in [0.15, 0.2) is 0 Å². The van der Waals surface area contributed by atoms with Crippen molar-refractivity contribution >= 4 is 0 Å². The minimum absolute atomic E-state index is 0.0460. The van der Waals surface area contributed by atoms with E-state index in [0.717, 1.165) is 31.1 Å². The van der Waals surface area contributed by atoms with Gasteiger partial charge in [-0.3, -0.25) is 0 Å². The van der Waals surface area contributed by atoms with Gasteiger partial charge in [0.2, 0.25) is 0 Å². The fourth-order valence-corrected chi connectivity index (χ4v) is 3.05. The van der Waals surface area contributed by atoms with Crippen LogP contribution >= 0.6 is 0 Å². The van der Waals surface area contributed by atoms with Crippen molar-refractivity contribution in [1.82, 2.24) is 0 Å². The zero-order valence-electron chi connectivity index (χ0n) is 17.9. The second-order valence-corrected chi connectivity index (χ2v) is 8.40. The predicted molar refractivity (Wildman–Crippen MR) is 111 cm³/mol. The molecule has 0 aromatic rings. The highest BCUT2D eigenvalue weighted by atomic mass is 16.5. The minimum atomic E-state index is -1.38. The Labute approximate surface area is 166 Å². The van der Waals surface area contributed by atoms with Gasteiger partial charge in [-0.25, -0.2) is 0 Å². The van der Waals surface area contributed by atoms with Crippen LogP contribution in [-0.4, -0.2) is 58.6 Å². The predicted octanol–water partition coefficient (Wildman–Crippen LogP) is 3.44. The van der Waals surface area contributed by atoms with Crippen LogP contribution in [0.3, 0.4) is 0 Å². The number of rotatable bonds is 17. The van der Waals surface area contributed by atoms with Crippen LogP contribution in [0.4, 0.5) is 0 Å². The van der Waals surface area contributed by atoms with Crippen molar-refractivity contribution in [3.8, 4) is 0 Å². The second-order valence-electron chi connectivity index (χ2n) is 8.40. The number of allylic oxidation sites excluding steroid dienone is 2. The molecule has 0 fully saturated rings. The molecule has 1 unspecified atom stereocenters. The molecule has 4 N–H and O–H groups in total. The summed E-state index contributed by atoms with van der Waals surface area (Å²) >= 11 is 0. The van der Waals surface area contributed by atoms with Gasteiger partial charge >= 0.3 is 0 Å². The Hall–Kier alpha value is -0.460. The molecule has 4 atom stereocenters. The maximum absolute atomic E-state index is 9.63. The Morgan fingerprint density at radius 3 is 2.22 bits per heavy atom. The first kappa shape index (κ1) is 26.5. The van der Waals surface area contributed by atoms with Crippen LogP contribution in [0.5, 0.6) is 0 Å². The zero-order valence-corrected chi connectivity index (χ0v) is 17.9. The molecule has 0 amide bonds. The van der Waals surface area contributed by atoms with Crippen LogP contribution in [0, 0.1) is 11.8 Å². The van der Waals surface area contributed by atoms with Gasteiger partial charge in [0, 0.05) is 6.61 Å². The van der Waals surface area contributed by atoms with E-state index in [0.29, 0.717) is 6.61 Å². The summed E-state index contributed by atoms with van der Waals surface area (Å²) in [5.74, 6) is 1.63. The van der Waals surface area contributed by atoms with E-state index in [1.807, 2.05) is 0 Å². The number of hydrogen-bond acceptors (Lipinski definition) is 5. The summed E-state index contributed by atoms with van der Waals surface area (Å²) in [6, 6.07) is 0. The highest BCUT2D eigenvalue weighted by molar-refractivity contribution is 4.97. The van der Waals surface area contributed by atoms with Gasteiger partial charge in [-0.1, -0.05) is 58.1 Å². The SMILES string of the molecule is CC(=CCCCOC[C@H](O)[C@@H](O)[C@H](O)CO)CCCC(C)CCCC(C)C. The number of hydrogen-bond donors (Lipinski definition) is 4.